The van der Waals surface area contributed by atoms with Crippen LogP contribution in [-0.2, 0) is 6.42 Å². The van der Waals surface area contributed by atoms with Crippen molar-refractivity contribution >= 4 is 12.6 Å². The quantitative estimate of drug-likeness (QED) is 0.501. The summed E-state index contributed by atoms with van der Waals surface area (Å²) < 4.78 is 13.4. The topological polar surface area (TPSA) is 24.1 Å². The van der Waals surface area contributed by atoms with E-state index in [2.05, 4.69) is 43.1 Å². The maximum absolute atomic E-state index is 13.4. The highest BCUT2D eigenvalue weighted by molar-refractivity contribution is 7.80. The highest BCUT2D eigenvalue weighted by Crippen LogP contribution is 2.10. The molecule has 0 aromatic heterocycles. The third-order valence-electron chi connectivity index (χ3n) is 2.67. The lowest BCUT2D eigenvalue weighted by Crippen LogP contribution is -2.30. The zero-order chi connectivity index (χ0) is 14.1. The fourth-order valence-electron chi connectivity index (χ4n) is 1.62. The Kier molecular flexibility index (Phi) is 7.11. The zero-order valence-electron chi connectivity index (χ0n) is 11.2. The standard InChI is InChI=1S/C15H21FN2S/c1-3-6-14(11-19)18-17-12(2)9-10-13-7-4-5-8-15(13)16/h4-8,17-19H,2-3,9-11H2,1H3/b14-6+. The number of aryl methyl sites for hydroxylation is 1. The molecule has 1 aromatic carbocycles. The van der Waals surface area contributed by atoms with E-state index in [1.165, 1.54) is 6.07 Å². The lowest BCUT2D eigenvalue weighted by Gasteiger charge is -2.14. The van der Waals surface area contributed by atoms with Crippen molar-refractivity contribution in [1.29, 1.82) is 0 Å². The lowest BCUT2D eigenvalue weighted by molar-refractivity contribution is 0.601. The Morgan fingerprint density at radius 3 is 2.74 bits per heavy atom. The Hall–Kier alpha value is -1.42. The van der Waals surface area contributed by atoms with Crippen LogP contribution in [0.3, 0.4) is 0 Å². The number of allylic oxidation sites excluding steroid dienone is 2. The molecule has 0 aliphatic carbocycles. The van der Waals surface area contributed by atoms with Crippen molar-refractivity contribution in [2.75, 3.05) is 5.75 Å². The molecule has 0 radical (unpaired) electrons. The highest BCUT2D eigenvalue weighted by atomic mass is 32.1. The van der Waals surface area contributed by atoms with Crippen LogP contribution in [0, 0.1) is 5.82 Å². The van der Waals surface area contributed by atoms with Gasteiger partial charge in [0.1, 0.15) is 5.82 Å². The Labute approximate surface area is 120 Å². The summed E-state index contributed by atoms with van der Waals surface area (Å²) in [5.74, 6) is 0.478. The minimum absolute atomic E-state index is 0.162. The minimum Gasteiger partial charge on any atom is -0.306 e. The molecule has 1 aromatic rings. The number of nitrogens with one attached hydrogen (secondary N) is 2. The van der Waals surface area contributed by atoms with Gasteiger partial charge in [0.25, 0.3) is 0 Å². The first kappa shape index (κ1) is 15.6. The molecule has 1 rings (SSSR count). The van der Waals surface area contributed by atoms with Gasteiger partial charge in [0.05, 0.1) is 0 Å². The zero-order valence-corrected chi connectivity index (χ0v) is 12.1. The van der Waals surface area contributed by atoms with E-state index in [4.69, 9.17) is 0 Å². The number of rotatable bonds is 8. The third kappa shape index (κ3) is 5.83. The molecular weight excluding hydrogens is 259 g/mol. The summed E-state index contributed by atoms with van der Waals surface area (Å²) in [6, 6.07) is 6.82. The molecule has 0 spiro atoms. The van der Waals surface area contributed by atoms with E-state index < -0.39 is 0 Å². The van der Waals surface area contributed by atoms with Crippen LogP contribution in [0.15, 0.2) is 48.3 Å². The first-order valence-electron chi connectivity index (χ1n) is 6.40. The van der Waals surface area contributed by atoms with Crippen LogP contribution < -0.4 is 10.9 Å². The van der Waals surface area contributed by atoms with Crippen LogP contribution in [0.25, 0.3) is 0 Å². The van der Waals surface area contributed by atoms with Gasteiger partial charge in [-0.15, -0.1) is 0 Å². The molecule has 0 aliphatic rings. The van der Waals surface area contributed by atoms with Gasteiger partial charge in [-0.05, 0) is 30.9 Å². The fourth-order valence-corrected chi connectivity index (χ4v) is 1.83. The second-order valence-corrected chi connectivity index (χ2v) is 4.56. The largest absolute Gasteiger partial charge is 0.306 e. The maximum atomic E-state index is 13.4. The average molecular weight is 280 g/mol. The fraction of sp³-hybridized carbons (Fsp3) is 0.333. The van der Waals surface area contributed by atoms with Crippen LogP contribution in [0.1, 0.15) is 25.3 Å². The predicted molar refractivity (Wildman–Crippen MR) is 82.4 cm³/mol. The van der Waals surface area contributed by atoms with E-state index in [9.17, 15) is 4.39 Å². The third-order valence-corrected chi connectivity index (χ3v) is 3.02. The molecule has 0 heterocycles. The smallest absolute Gasteiger partial charge is 0.126 e. The number of hydrogen-bond donors (Lipinski definition) is 3. The lowest BCUT2D eigenvalue weighted by atomic mass is 10.1. The summed E-state index contributed by atoms with van der Waals surface area (Å²) >= 11 is 4.22. The molecule has 104 valence electrons. The molecule has 0 aliphatic heterocycles. The molecule has 19 heavy (non-hydrogen) atoms. The molecule has 0 fully saturated rings. The molecule has 0 saturated heterocycles. The first-order chi connectivity index (χ1) is 9.17. The van der Waals surface area contributed by atoms with Gasteiger partial charge in [-0.1, -0.05) is 37.8 Å². The van der Waals surface area contributed by atoms with E-state index >= 15 is 0 Å². The normalized spacial score (nSPS) is 11.2. The Bertz CT molecular complexity index is 444. The minimum atomic E-state index is -0.162. The maximum Gasteiger partial charge on any atom is 0.126 e. The molecule has 2 nitrogen and oxygen atoms in total. The van der Waals surface area contributed by atoms with Crippen molar-refractivity contribution in [2.45, 2.75) is 26.2 Å². The Morgan fingerprint density at radius 1 is 1.37 bits per heavy atom. The van der Waals surface area contributed by atoms with Crippen LogP contribution in [0.5, 0.6) is 0 Å². The summed E-state index contributed by atoms with van der Waals surface area (Å²) in [6.07, 6.45) is 4.32. The van der Waals surface area contributed by atoms with Crippen molar-refractivity contribution in [2.24, 2.45) is 0 Å². The number of hydrogen-bond acceptors (Lipinski definition) is 3. The van der Waals surface area contributed by atoms with Crippen molar-refractivity contribution in [3.63, 3.8) is 0 Å². The van der Waals surface area contributed by atoms with Gasteiger partial charge in [-0.25, -0.2) is 4.39 Å². The van der Waals surface area contributed by atoms with Gasteiger partial charge < -0.3 is 10.9 Å². The summed E-state index contributed by atoms with van der Waals surface area (Å²) in [6.45, 7) is 5.99. The second kappa shape index (κ2) is 8.64. The molecule has 0 saturated carbocycles. The number of benzene rings is 1. The summed E-state index contributed by atoms with van der Waals surface area (Å²) in [5, 5.41) is 0. The van der Waals surface area contributed by atoms with Crippen LogP contribution in [0.4, 0.5) is 4.39 Å². The van der Waals surface area contributed by atoms with Crippen LogP contribution in [0.2, 0.25) is 0 Å². The van der Waals surface area contributed by atoms with E-state index in [0.29, 0.717) is 24.2 Å². The van der Waals surface area contributed by atoms with Gasteiger partial charge in [-0.2, -0.15) is 12.6 Å². The van der Waals surface area contributed by atoms with Gasteiger partial charge >= 0.3 is 0 Å². The van der Waals surface area contributed by atoms with Gasteiger partial charge in [0, 0.05) is 17.1 Å². The predicted octanol–water partition coefficient (Wildman–Crippen LogP) is 3.59. The van der Waals surface area contributed by atoms with E-state index in [-0.39, 0.29) is 5.82 Å². The van der Waals surface area contributed by atoms with Crippen molar-refractivity contribution in [3.05, 3.63) is 59.7 Å². The molecule has 0 unspecified atom stereocenters. The van der Waals surface area contributed by atoms with Gasteiger partial charge in [0.2, 0.25) is 0 Å². The average Bonchev–Trinajstić information content (AvgIpc) is 2.42. The highest BCUT2D eigenvalue weighted by Gasteiger charge is 2.02. The number of thiol groups is 1. The molecular formula is C15H21FN2S. The Morgan fingerprint density at radius 2 is 2.11 bits per heavy atom. The van der Waals surface area contributed by atoms with Crippen LogP contribution in [-0.4, -0.2) is 5.75 Å². The van der Waals surface area contributed by atoms with E-state index in [0.717, 1.165) is 17.8 Å². The summed E-state index contributed by atoms with van der Waals surface area (Å²) in [7, 11) is 0. The molecule has 0 amide bonds. The molecule has 0 bridgehead atoms. The van der Waals surface area contributed by atoms with Crippen molar-refractivity contribution < 1.29 is 4.39 Å². The SMILES string of the molecule is C=C(CCc1ccccc1F)NN/C(=C/CC)CS. The molecule has 0 atom stereocenters. The monoisotopic (exact) mass is 280 g/mol. The summed E-state index contributed by atoms with van der Waals surface area (Å²) in [5.41, 5.74) is 8.64. The number of hydrazine groups is 1. The first-order valence-corrected chi connectivity index (χ1v) is 7.03. The van der Waals surface area contributed by atoms with Crippen molar-refractivity contribution in [1.82, 2.24) is 10.9 Å². The van der Waals surface area contributed by atoms with E-state index in [1.807, 2.05) is 6.07 Å². The molecule has 2 N–H and O–H groups in total. The van der Waals surface area contributed by atoms with Gasteiger partial charge in [-0.3, -0.25) is 0 Å². The van der Waals surface area contributed by atoms with Gasteiger partial charge in [0.15, 0.2) is 0 Å². The van der Waals surface area contributed by atoms with Crippen LogP contribution >= 0.6 is 12.6 Å². The number of halogens is 1. The molecule has 4 heteroatoms. The summed E-state index contributed by atoms with van der Waals surface area (Å²) in [4.78, 5) is 0. The Balaban J connectivity index is 2.36. The van der Waals surface area contributed by atoms with Crippen molar-refractivity contribution in [3.8, 4) is 0 Å². The second-order valence-electron chi connectivity index (χ2n) is 4.24. The van der Waals surface area contributed by atoms with E-state index in [1.54, 1.807) is 12.1 Å².